The number of hydrogen-bond acceptors (Lipinski definition) is 8. The molecule has 3 heterocycles. The number of ether oxygens (including phenoxy) is 5. The van der Waals surface area contributed by atoms with E-state index in [4.69, 9.17) is 39.4 Å². The van der Waals surface area contributed by atoms with Gasteiger partial charge in [-0.15, -0.1) is 0 Å². The first kappa shape index (κ1) is 24.2. The van der Waals surface area contributed by atoms with Crippen LogP contribution < -0.4 is 18.9 Å². The number of halogens is 1. The molecule has 0 aliphatic carbocycles. The van der Waals surface area contributed by atoms with Crippen molar-refractivity contribution in [2.75, 3.05) is 33.5 Å². The van der Waals surface area contributed by atoms with Gasteiger partial charge in [-0.05, 0) is 29.0 Å². The summed E-state index contributed by atoms with van der Waals surface area (Å²) in [6.45, 7) is 0.502. The molecule has 1 saturated heterocycles. The van der Waals surface area contributed by atoms with Crippen LogP contribution in [0.4, 0.5) is 4.39 Å². The molecule has 3 N–H and O–H groups in total. The molecule has 0 spiro atoms. The number of aliphatic hydroxyl groups is 3. The highest BCUT2D eigenvalue weighted by Crippen LogP contribution is 2.49. The SMILES string of the molecule is [B]C([B])(c1ccc2c(c1)OCCO2)c1cc([C@@H]2O[C@H](CO)[C@@H](F)[C@H](O)[C@H]2O)c(OC)c2c1OCC2. The summed E-state index contributed by atoms with van der Waals surface area (Å²) in [7, 11) is 14.8. The van der Waals surface area contributed by atoms with E-state index in [1.165, 1.54) is 7.11 Å². The molecule has 0 aromatic heterocycles. The van der Waals surface area contributed by atoms with Gasteiger partial charge in [0, 0.05) is 17.5 Å². The first-order valence-corrected chi connectivity index (χ1v) is 11.4. The molecular weight excluding hydrogens is 457 g/mol. The van der Waals surface area contributed by atoms with Gasteiger partial charge in [-0.2, -0.15) is 0 Å². The third kappa shape index (κ3) is 3.94. The summed E-state index contributed by atoms with van der Waals surface area (Å²) in [6, 6.07) is 6.73. The van der Waals surface area contributed by atoms with Gasteiger partial charge in [0.1, 0.15) is 49.1 Å². The van der Waals surface area contributed by atoms with Crippen LogP contribution in [0.15, 0.2) is 24.3 Å². The number of aliphatic hydroxyl groups excluding tert-OH is 3. The molecule has 3 aliphatic heterocycles. The average molecular weight is 482 g/mol. The van der Waals surface area contributed by atoms with E-state index < -0.39 is 42.4 Å². The molecule has 5 rings (SSSR count). The van der Waals surface area contributed by atoms with Crippen molar-refractivity contribution in [3.63, 3.8) is 0 Å². The predicted octanol–water partition coefficient (Wildman–Crippen LogP) is 0.432. The van der Waals surface area contributed by atoms with Crippen LogP contribution in [0.1, 0.15) is 28.4 Å². The third-order valence-corrected chi connectivity index (χ3v) is 6.77. The fourth-order valence-corrected chi connectivity index (χ4v) is 4.92. The summed E-state index contributed by atoms with van der Waals surface area (Å²) < 4.78 is 42.9. The molecule has 2 aromatic carbocycles. The van der Waals surface area contributed by atoms with Crippen molar-refractivity contribution in [1.82, 2.24) is 0 Å². The second kappa shape index (κ2) is 9.20. The molecule has 4 radical (unpaired) electrons. The minimum absolute atomic E-state index is 0.307. The van der Waals surface area contributed by atoms with Crippen LogP contribution in [0, 0.1) is 0 Å². The lowest BCUT2D eigenvalue weighted by Crippen LogP contribution is -2.53. The Morgan fingerprint density at radius 3 is 2.51 bits per heavy atom. The summed E-state index contributed by atoms with van der Waals surface area (Å²) in [6.07, 6.45) is -7.46. The zero-order chi connectivity index (χ0) is 24.9. The van der Waals surface area contributed by atoms with Crippen LogP contribution in [-0.4, -0.2) is 89.0 Å². The fourth-order valence-electron chi connectivity index (χ4n) is 4.92. The zero-order valence-corrected chi connectivity index (χ0v) is 19.1. The lowest BCUT2D eigenvalue weighted by Gasteiger charge is -2.40. The second-order valence-electron chi connectivity index (χ2n) is 8.88. The number of alkyl halides is 1. The van der Waals surface area contributed by atoms with Gasteiger partial charge in [0.15, 0.2) is 17.7 Å². The molecule has 1 fully saturated rings. The first-order valence-electron chi connectivity index (χ1n) is 11.4. The standard InChI is InChI=1S/C24H25B2FO8/c1-31-21-12-4-5-34-22(12)14(9-13(21)23-20(30)19(29)18(27)17(10-28)35-23)24(25,26)11-2-3-15-16(8-11)33-7-6-32-15/h2-3,8-9,17-20,23,28-30H,4-7,10H2,1H3/t17-,18-,19+,20-,23+/m1/s1. The second-order valence-corrected chi connectivity index (χ2v) is 8.88. The Bertz CT molecular complexity index is 1110. The van der Waals surface area contributed by atoms with Crippen molar-refractivity contribution in [3.8, 4) is 23.0 Å². The molecule has 3 aliphatic rings. The summed E-state index contributed by atoms with van der Waals surface area (Å²) in [5, 5.41) is 29.0. The largest absolute Gasteiger partial charge is 0.496 e. The van der Waals surface area contributed by atoms with Crippen LogP contribution in [0.2, 0.25) is 0 Å². The van der Waals surface area contributed by atoms with Gasteiger partial charge in [0.25, 0.3) is 0 Å². The van der Waals surface area contributed by atoms with Crippen molar-refractivity contribution in [2.45, 2.75) is 42.2 Å². The molecule has 0 saturated carbocycles. The fraction of sp³-hybridized carbons (Fsp3) is 0.500. The summed E-state index contributed by atoms with van der Waals surface area (Å²) >= 11 is 0. The number of hydrogen-bond donors (Lipinski definition) is 3. The highest BCUT2D eigenvalue weighted by molar-refractivity contribution is 6.42. The van der Waals surface area contributed by atoms with Gasteiger partial charge in [0.05, 0.1) is 36.0 Å². The average Bonchev–Trinajstić information content (AvgIpc) is 3.36. The van der Waals surface area contributed by atoms with Crippen LogP contribution in [0.25, 0.3) is 0 Å². The van der Waals surface area contributed by atoms with Crippen molar-refractivity contribution in [3.05, 3.63) is 46.5 Å². The van der Waals surface area contributed by atoms with Crippen LogP contribution in [0.5, 0.6) is 23.0 Å². The Kier molecular flexibility index (Phi) is 6.37. The minimum atomic E-state index is -1.96. The maximum atomic E-state index is 14.4. The minimum Gasteiger partial charge on any atom is -0.496 e. The van der Waals surface area contributed by atoms with Gasteiger partial charge in [-0.25, -0.2) is 4.39 Å². The van der Waals surface area contributed by atoms with E-state index in [9.17, 15) is 19.7 Å². The molecule has 5 atom stereocenters. The third-order valence-electron chi connectivity index (χ3n) is 6.77. The molecular formula is C24H25B2FO8. The highest BCUT2D eigenvalue weighted by Gasteiger charge is 2.47. The molecule has 35 heavy (non-hydrogen) atoms. The van der Waals surface area contributed by atoms with Crippen LogP contribution in [0.3, 0.4) is 0 Å². The quantitative estimate of drug-likeness (QED) is 0.528. The van der Waals surface area contributed by atoms with Gasteiger partial charge in [-0.3, -0.25) is 0 Å². The topological polar surface area (TPSA) is 107 Å². The summed E-state index contributed by atoms with van der Waals surface area (Å²) in [5.41, 5.74) is 1.86. The first-order chi connectivity index (χ1) is 16.8. The smallest absolute Gasteiger partial charge is 0.161 e. The molecule has 182 valence electrons. The Balaban J connectivity index is 1.64. The molecule has 0 amide bonds. The van der Waals surface area contributed by atoms with Crippen LogP contribution in [-0.2, 0) is 16.4 Å². The number of fused-ring (bicyclic) bond motifs is 2. The van der Waals surface area contributed by atoms with Crippen LogP contribution >= 0.6 is 0 Å². The molecule has 2 aromatic rings. The number of benzene rings is 2. The molecule has 11 heteroatoms. The van der Waals surface area contributed by atoms with E-state index in [0.29, 0.717) is 71.5 Å². The van der Waals surface area contributed by atoms with Gasteiger partial charge < -0.3 is 39.0 Å². The van der Waals surface area contributed by atoms with E-state index in [2.05, 4.69) is 0 Å². The Morgan fingerprint density at radius 2 is 1.80 bits per heavy atom. The lowest BCUT2D eigenvalue weighted by atomic mass is 9.47. The molecule has 0 unspecified atom stereocenters. The zero-order valence-electron chi connectivity index (χ0n) is 19.1. The normalized spacial score (nSPS) is 27.7. The Morgan fingerprint density at radius 1 is 1.06 bits per heavy atom. The van der Waals surface area contributed by atoms with Gasteiger partial charge >= 0.3 is 0 Å². The summed E-state index contributed by atoms with van der Waals surface area (Å²) in [4.78, 5) is 0. The van der Waals surface area contributed by atoms with Crippen molar-refractivity contribution >= 4 is 15.7 Å². The Labute approximate surface area is 204 Å². The van der Waals surface area contributed by atoms with E-state index in [1.807, 2.05) is 0 Å². The molecule has 8 nitrogen and oxygen atoms in total. The number of rotatable bonds is 5. The van der Waals surface area contributed by atoms with E-state index >= 15 is 0 Å². The van der Waals surface area contributed by atoms with Crippen molar-refractivity contribution < 1.29 is 43.4 Å². The highest BCUT2D eigenvalue weighted by atomic mass is 19.1. The van der Waals surface area contributed by atoms with Gasteiger partial charge in [0.2, 0.25) is 0 Å². The van der Waals surface area contributed by atoms with Gasteiger partial charge in [-0.1, -0.05) is 11.6 Å². The van der Waals surface area contributed by atoms with Crippen molar-refractivity contribution in [1.29, 1.82) is 0 Å². The van der Waals surface area contributed by atoms with E-state index in [-0.39, 0.29) is 0 Å². The maximum absolute atomic E-state index is 14.4. The van der Waals surface area contributed by atoms with E-state index in [1.54, 1.807) is 24.3 Å². The van der Waals surface area contributed by atoms with Crippen molar-refractivity contribution in [2.24, 2.45) is 0 Å². The lowest BCUT2D eigenvalue weighted by molar-refractivity contribution is -0.214. The summed E-state index contributed by atoms with van der Waals surface area (Å²) in [5.74, 6) is 1.88. The number of methoxy groups -OCH3 is 1. The Hall–Kier alpha value is -2.46. The van der Waals surface area contributed by atoms with E-state index in [0.717, 1.165) is 0 Å². The monoisotopic (exact) mass is 482 g/mol. The maximum Gasteiger partial charge on any atom is 0.161 e. The predicted molar refractivity (Wildman–Crippen MR) is 124 cm³/mol. The molecule has 0 bridgehead atoms.